The van der Waals surface area contributed by atoms with Crippen molar-refractivity contribution in [2.75, 3.05) is 0 Å². The molecule has 0 radical (unpaired) electrons. The Morgan fingerprint density at radius 2 is 1.84 bits per heavy atom. The Balaban J connectivity index is 2.22. The highest BCUT2D eigenvalue weighted by Gasteiger charge is 2.11. The summed E-state index contributed by atoms with van der Waals surface area (Å²) < 4.78 is 2.30. The molecule has 0 saturated carbocycles. The summed E-state index contributed by atoms with van der Waals surface area (Å²) in [6.45, 7) is 4.28. The minimum Gasteiger partial charge on any atom is -0.324 e. The largest absolute Gasteiger partial charge is 0.324 e. The fraction of sp³-hybridized carbons (Fsp3) is 0.250. The molecule has 0 aromatic heterocycles. The van der Waals surface area contributed by atoms with Crippen LogP contribution in [0.15, 0.2) is 40.9 Å². The SMILES string of the molecule is Cc1ccc(CC(N)c2cc(I)ccc2Br)cc1C. The molecule has 2 rings (SSSR count). The molecule has 0 saturated heterocycles. The summed E-state index contributed by atoms with van der Waals surface area (Å²) in [6.07, 6.45) is 0.861. The Morgan fingerprint density at radius 3 is 2.53 bits per heavy atom. The zero-order valence-electron chi connectivity index (χ0n) is 11.1. The second-order valence-corrected chi connectivity index (χ2v) is 7.00. The number of aryl methyl sites for hydroxylation is 2. The Hall–Kier alpha value is -0.390. The second-order valence-electron chi connectivity index (χ2n) is 4.90. The van der Waals surface area contributed by atoms with Gasteiger partial charge >= 0.3 is 0 Å². The summed E-state index contributed by atoms with van der Waals surface area (Å²) in [5, 5.41) is 0. The van der Waals surface area contributed by atoms with Crippen LogP contribution in [-0.2, 0) is 6.42 Å². The molecule has 1 atom stereocenters. The van der Waals surface area contributed by atoms with Gasteiger partial charge in [-0.3, -0.25) is 0 Å². The first-order chi connectivity index (χ1) is 8.97. The van der Waals surface area contributed by atoms with Crippen LogP contribution in [0.3, 0.4) is 0 Å². The highest BCUT2D eigenvalue weighted by molar-refractivity contribution is 14.1. The molecule has 100 valence electrons. The molecule has 0 aliphatic carbocycles. The Bertz CT molecular complexity index is 595. The van der Waals surface area contributed by atoms with Gasteiger partial charge in [-0.2, -0.15) is 0 Å². The molecule has 3 heteroatoms. The molecule has 1 unspecified atom stereocenters. The number of nitrogens with two attached hydrogens (primary N) is 1. The molecule has 0 fully saturated rings. The number of rotatable bonds is 3. The van der Waals surface area contributed by atoms with Gasteiger partial charge in [0.1, 0.15) is 0 Å². The van der Waals surface area contributed by atoms with E-state index in [2.05, 4.69) is 88.8 Å². The lowest BCUT2D eigenvalue weighted by Crippen LogP contribution is -2.14. The Morgan fingerprint density at radius 1 is 1.11 bits per heavy atom. The first-order valence-corrected chi connectivity index (χ1v) is 8.11. The van der Waals surface area contributed by atoms with E-state index >= 15 is 0 Å². The maximum absolute atomic E-state index is 6.35. The van der Waals surface area contributed by atoms with Gasteiger partial charge < -0.3 is 5.73 Å². The van der Waals surface area contributed by atoms with Crippen LogP contribution in [0.4, 0.5) is 0 Å². The van der Waals surface area contributed by atoms with Crippen molar-refractivity contribution in [2.45, 2.75) is 26.3 Å². The summed E-state index contributed by atoms with van der Waals surface area (Å²) in [6, 6.07) is 12.9. The average Bonchev–Trinajstić information content (AvgIpc) is 2.36. The van der Waals surface area contributed by atoms with E-state index in [1.807, 2.05) is 0 Å². The molecular weight excluding hydrogens is 413 g/mol. The zero-order chi connectivity index (χ0) is 14.0. The van der Waals surface area contributed by atoms with Crippen molar-refractivity contribution in [1.29, 1.82) is 0 Å². The first-order valence-electron chi connectivity index (χ1n) is 6.24. The van der Waals surface area contributed by atoms with Gasteiger partial charge in [-0.05, 0) is 83.3 Å². The molecule has 2 N–H and O–H groups in total. The fourth-order valence-electron chi connectivity index (χ4n) is 2.09. The minimum atomic E-state index is 0.0196. The van der Waals surface area contributed by atoms with Gasteiger partial charge in [-0.25, -0.2) is 0 Å². The van der Waals surface area contributed by atoms with Crippen molar-refractivity contribution >= 4 is 38.5 Å². The van der Waals surface area contributed by atoms with Gasteiger partial charge in [0.25, 0.3) is 0 Å². The third kappa shape index (κ3) is 3.80. The monoisotopic (exact) mass is 429 g/mol. The summed E-state index contributed by atoms with van der Waals surface area (Å²) in [7, 11) is 0. The van der Waals surface area contributed by atoms with Crippen molar-refractivity contribution in [1.82, 2.24) is 0 Å². The molecule has 0 spiro atoms. The summed E-state index contributed by atoms with van der Waals surface area (Å²) in [5.74, 6) is 0. The number of hydrogen-bond donors (Lipinski definition) is 1. The normalized spacial score (nSPS) is 12.5. The molecule has 19 heavy (non-hydrogen) atoms. The minimum absolute atomic E-state index is 0.0196. The lowest BCUT2D eigenvalue weighted by molar-refractivity contribution is 0.717. The van der Waals surface area contributed by atoms with Gasteiger partial charge in [0.15, 0.2) is 0 Å². The lowest BCUT2D eigenvalue weighted by Gasteiger charge is -2.15. The molecule has 2 aromatic rings. The van der Waals surface area contributed by atoms with E-state index in [0.29, 0.717) is 0 Å². The van der Waals surface area contributed by atoms with E-state index in [-0.39, 0.29) is 6.04 Å². The fourth-order valence-corrected chi connectivity index (χ4v) is 3.15. The van der Waals surface area contributed by atoms with E-state index < -0.39 is 0 Å². The van der Waals surface area contributed by atoms with E-state index in [4.69, 9.17) is 5.73 Å². The molecule has 0 aliphatic rings. The van der Waals surface area contributed by atoms with Crippen molar-refractivity contribution in [3.8, 4) is 0 Å². The third-order valence-electron chi connectivity index (χ3n) is 3.38. The van der Waals surface area contributed by atoms with Crippen LogP contribution in [0, 0.1) is 17.4 Å². The number of benzene rings is 2. The zero-order valence-corrected chi connectivity index (χ0v) is 14.8. The molecule has 0 aliphatic heterocycles. The van der Waals surface area contributed by atoms with Gasteiger partial charge in [-0.1, -0.05) is 34.1 Å². The predicted octanol–water partition coefficient (Wildman–Crippen LogP) is 4.91. The Kier molecular flexibility index (Phi) is 5.03. The third-order valence-corrected chi connectivity index (χ3v) is 4.78. The maximum Gasteiger partial charge on any atom is 0.0347 e. The topological polar surface area (TPSA) is 26.0 Å². The second kappa shape index (κ2) is 6.37. The molecule has 0 bridgehead atoms. The van der Waals surface area contributed by atoms with Gasteiger partial charge in [0.2, 0.25) is 0 Å². The number of halogens is 2. The lowest BCUT2D eigenvalue weighted by atomic mass is 9.97. The first kappa shape index (κ1) is 15.0. The summed E-state index contributed by atoms with van der Waals surface area (Å²) in [5.41, 5.74) is 11.5. The van der Waals surface area contributed by atoms with E-state index in [9.17, 15) is 0 Å². The van der Waals surface area contributed by atoms with Crippen LogP contribution in [0.1, 0.15) is 28.3 Å². The van der Waals surface area contributed by atoms with E-state index in [1.54, 1.807) is 0 Å². The predicted molar refractivity (Wildman–Crippen MR) is 93.4 cm³/mol. The maximum atomic E-state index is 6.35. The van der Waals surface area contributed by atoms with Crippen LogP contribution < -0.4 is 5.73 Å². The van der Waals surface area contributed by atoms with Crippen molar-refractivity contribution < 1.29 is 0 Å². The van der Waals surface area contributed by atoms with Crippen molar-refractivity contribution in [3.05, 3.63) is 66.7 Å². The smallest absolute Gasteiger partial charge is 0.0347 e. The molecule has 0 heterocycles. The van der Waals surface area contributed by atoms with E-state index in [0.717, 1.165) is 10.9 Å². The van der Waals surface area contributed by atoms with Crippen LogP contribution in [0.2, 0.25) is 0 Å². The van der Waals surface area contributed by atoms with E-state index in [1.165, 1.54) is 25.8 Å². The average molecular weight is 430 g/mol. The molecule has 1 nitrogen and oxygen atoms in total. The van der Waals surface area contributed by atoms with Gasteiger partial charge in [0, 0.05) is 14.1 Å². The van der Waals surface area contributed by atoms with Crippen LogP contribution in [0.25, 0.3) is 0 Å². The molecule has 2 aromatic carbocycles. The Labute approximate surface area is 136 Å². The molecule has 0 amide bonds. The van der Waals surface area contributed by atoms with Crippen molar-refractivity contribution in [3.63, 3.8) is 0 Å². The standard InChI is InChI=1S/C16H17BrIN/c1-10-3-4-12(7-11(10)2)8-16(19)14-9-13(18)5-6-15(14)17/h3-7,9,16H,8,19H2,1-2H3. The highest BCUT2D eigenvalue weighted by atomic mass is 127. The van der Waals surface area contributed by atoms with Crippen LogP contribution >= 0.6 is 38.5 Å². The number of hydrogen-bond acceptors (Lipinski definition) is 1. The summed E-state index contributed by atoms with van der Waals surface area (Å²) in [4.78, 5) is 0. The van der Waals surface area contributed by atoms with Crippen LogP contribution in [-0.4, -0.2) is 0 Å². The van der Waals surface area contributed by atoms with Gasteiger partial charge in [0.05, 0.1) is 0 Å². The van der Waals surface area contributed by atoms with Crippen molar-refractivity contribution in [2.24, 2.45) is 5.73 Å². The molecular formula is C16H17BrIN. The quantitative estimate of drug-likeness (QED) is 0.689. The van der Waals surface area contributed by atoms with Gasteiger partial charge in [-0.15, -0.1) is 0 Å². The summed E-state index contributed by atoms with van der Waals surface area (Å²) >= 11 is 5.91. The van der Waals surface area contributed by atoms with Crippen LogP contribution in [0.5, 0.6) is 0 Å². The highest BCUT2D eigenvalue weighted by Crippen LogP contribution is 2.26.